The van der Waals surface area contributed by atoms with Crippen molar-refractivity contribution in [2.45, 2.75) is 25.7 Å². The van der Waals surface area contributed by atoms with Crippen LogP contribution < -0.4 is 5.43 Å². The summed E-state index contributed by atoms with van der Waals surface area (Å²) in [5, 5.41) is 5.17. The van der Waals surface area contributed by atoms with Crippen LogP contribution >= 0.6 is 27.7 Å². The summed E-state index contributed by atoms with van der Waals surface area (Å²) in [7, 11) is 0. The van der Waals surface area contributed by atoms with Gasteiger partial charge in [-0.3, -0.25) is 4.79 Å². The van der Waals surface area contributed by atoms with Gasteiger partial charge in [-0.05, 0) is 56.2 Å². The van der Waals surface area contributed by atoms with Crippen molar-refractivity contribution in [3.05, 3.63) is 63.8 Å². The second-order valence-electron chi connectivity index (χ2n) is 6.04. The molecule has 26 heavy (non-hydrogen) atoms. The molecule has 0 unspecified atom stereocenters. The Morgan fingerprint density at radius 3 is 2.73 bits per heavy atom. The maximum absolute atomic E-state index is 12.1. The number of halogens is 1. The van der Waals surface area contributed by atoms with Crippen molar-refractivity contribution in [1.82, 2.24) is 5.43 Å². The number of hydrazone groups is 1. The summed E-state index contributed by atoms with van der Waals surface area (Å²) in [6, 6.07) is 13.8. The molecule has 0 saturated carbocycles. The first-order valence-electron chi connectivity index (χ1n) is 8.15. The van der Waals surface area contributed by atoms with Crippen molar-refractivity contribution >= 4 is 50.3 Å². The van der Waals surface area contributed by atoms with Crippen molar-refractivity contribution in [2.75, 3.05) is 5.75 Å². The van der Waals surface area contributed by atoms with Crippen LogP contribution in [0.5, 0.6) is 0 Å². The SMILES string of the molecule is C/C(=N\NC(=O)CSc1cc(C)c(Br)cc1C)c1cc2ccccc2o1. The molecule has 1 amide bonds. The van der Waals surface area contributed by atoms with Crippen LogP contribution in [0.3, 0.4) is 0 Å². The zero-order valence-electron chi connectivity index (χ0n) is 14.8. The average molecular weight is 431 g/mol. The topological polar surface area (TPSA) is 54.6 Å². The molecule has 134 valence electrons. The van der Waals surface area contributed by atoms with Gasteiger partial charge in [0.2, 0.25) is 5.91 Å². The first-order chi connectivity index (χ1) is 12.4. The van der Waals surface area contributed by atoms with Gasteiger partial charge >= 0.3 is 0 Å². The number of hydrogen-bond acceptors (Lipinski definition) is 4. The Labute approximate surface area is 165 Å². The van der Waals surface area contributed by atoms with Crippen LogP contribution in [0.1, 0.15) is 23.8 Å². The number of carbonyl (C=O) groups is 1. The van der Waals surface area contributed by atoms with Gasteiger partial charge in [-0.1, -0.05) is 34.1 Å². The number of nitrogens with zero attached hydrogens (tertiary/aromatic N) is 1. The highest BCUT2D eigenvalue weighted by atomic mass is 79.9. The third kappa shape index (κ3) is 4.37. The van der Waals surface area contributed by atoms with E-state index in [9.17, 15) is 4.79 Å². The highest BCUT2D eigenvalue weighted by Gasteiger charge is 2.09. The number of hydrogen-bond donors (Lipinski definition) is 1. The number of thioether (sulfide) groups is 1. The van der Waals surface area contributed by atoms with Crippen LogP contribution in [0, 0.1) is 13.8 Å². The van der Waals surface area contributed by atoms with Crippen molar-refractivity contribution in [3.63, 3.8) is 0 Å². The summed E-state index contributed by atoms with van der Waals surface area (Å²) < 4.78 is 6.82. The van der Waals surface area contributed by atoms with Crippen LogP contribution in [0.2, 0.25) is 0 Å². The number of aryl methyl sites for hydroxylation is 2. The average Bonchev–Trinajstić information content (AvgIpc) is 3.06. The standard InChI is InChI=1S/C20H19BrN2O2S/c1-12-9-19(13(2)8-16(12)21)26-11-20(24)23-22-14(3)18-10-15-6-4-5-7-17(15)25-18/h4-10H,11H2,1-3H3,(H,23,24)/b22-14+. The molecule has 0 bridgehead atoms. The predicted molar refractivity (Wildman–Crippen MR) is 111 cm³/mol. The minimum absolute atomic E-state index is 0.148. The first-order valence-corrected chi connectivity index (χ1v) is 9.93. The minimum Gasteiger partial charge on any atom is -0.455 e. The van der Waals surface area contributed by atoms with Crippen LogP contribution in [0.25, 0.3) is 11.0 Å². The van der Waals surface area contributed by atoms with Gasteiger partial charge in [0.1, 0.15) is 11.3 Å². The number of para-hydroxylation sites is 1. The van der Waals surface area contributed by atoms with E-state index in [2.05, 4.69) is 38.6 Å². The lowest BCUT2D eigenvalue weighted by Crippen LogP contribution is -2.21. The zero-order valence-corrected chi connectivity index (χ0v) is 17.2. The molecular weight excluding hydrogens is 412 g/mol. The van der Waals surface area contributed by atoms with Gasteiger partial charge in [-0.15, -0.1) is 11.8 Å². The first kappa shape index (κ1) is 18.7. The van der Waals surface area contributed by atoms with Crippen molar-refractivity contribution < 1.29 is 9.21 Å². The number of benzene rings is 2. The molecule has 4 nitrogen and oxygen atoms in total. The maximum Gasteiger partial charge on any atom is 0.250 e. The fourth-order valence-electron chi connectivity index (χ4n) is 2.45. The van der Waals surface area contributed by atoms with E-state index in [0.717, 1.165) is 31.5 Å². The van der Waals surface area contributed by atoms with E-state index in [0.29, 0.717) is 17.2 Å². The molecule has 6 heteroatoms. The van der Waals surface area contributed by atoms with Crippen molar-refractivity contribution in [1.29, 1.82) is 0 Å². The molecule has 0 aliphatic carbocycles. The Balaban J connectivity index is 1.61. The second-order valence-corrected chi connectivity index (χ2v) is 7.91. The van der Waals surface area contributed by atoms with Gasteiger partial charge in [0.25, 0.3) is 0 Å². The molecule has 1 aromatic heterocycles. The van der Waals surface area contributed by atoms with Crippen LogP contribution in [-0.4, -0.2) is 17.4 Å². The lowest BCUT2D eigenvalue weighted by Gasteiger charge is -2.08. The second kappa shape index (κ2) is 8.10. The molecule has 0 aliphatic heterocycles. The van der Waals surface area contributed by atoms with Gasteiger partial charge in [-0.2, -0.15) is 5.10 Å². The summed E-state index contributed by atoms with van der Waals surface area (Å²) in [5.74, 6) is 0.808. The monoisotopic (exact) mass is 430 g/mol. The molecule has 0 radical (unpaired) electrons. The predicted octanol–water partition coefficient (Wildman–Crippen LogP) is 5.44. The number of amides is 1. The largest absolute Gasteiger partial charge is 0.455 e. The molecule has 1 heterocycles. The molecule has 0 atom stereocenters. The third-order valence-corrected chi connectivity index (χ3v) is 5.96. The summed E-state index contributed by atoms with van der Waals surface area (Å²) in [5.41, 5.74) is 6.33. The molecule has 0 spiro atoms. The lowest BCUT2D eigenvalue weighted by atomic mass is 10.2. The van der Waals surface area contributed by atoms with E-state index >= 15 is 0 Å². The number of furan rings is 1. The van der Waals surface area contributed by atoms with Crippen LogP contribution in [0.4, 0.5) is 0 Å². The van der Waals surface area contributed by atoms with Gasteiger partial charge in [0.05, 0.1) is 5.75 Å². The number of nitrogens with one attached hydrogen (secondary N) is 1. The van der Waals surface area contributed by atoms with E-state index in [1.54, 1.807) is 0 Å². The zero-order chi connectivity index (χ0) is 18.7. The molecule has 0 aliphatic rings. The maximum atomic E-state index is 12.1. The summed E-state index contributed by atoms with van der Waals surface area (Å²) >= 11 is 5.02. The Kier molecular flexibility index (Phi) is 5.84. The highest BCUT2D eigenvalue weighted by molar-refractivity contribution is 9.10. The number of rotatable bonds is 5. The van der Waals surface area contributed by atoms with E-state index in [1.165, 1.54) is 11.8 Å². The van der Waals surface area contributed by atoms with E-state index in [4.69, 9.17) is 4.42 Å². The molecular formula is C20H19BrN2O2S. The summed E-state index contributed by atoms with van der Waals surface area (Å²) in [6.45, 7) is 5.89. The van der Waals surface area contributed by atoms with E-state index in [1.807, 2.05) is 51.1 Å². The number of carbonyl (C=O) groups excluding carboxylic acids is 1. The summed E-state index contributed by atoms with van der Waals surface area (Å²) in [4.78, 5) is 13.2. The van der Waals surface area contributed by atoms with Crippen molar-refractivity contribution in [2.24, 2.45) is 5.10 Å². The van der Waals surface area contributed by atoms with Gasteiger partial charge in [0, 0.05) is 14.8 Å². The normalized spacial score (nSPS) is 11.8. The fourth-order valence-corrected chi connectivity index (χ4v) is 3.80. The fraction of sp³-hybridized carbons (Fsp3) is 0.200. The highest BCUT2D eigenvalue weighted by Crippen LogP contribution is 2.28. The molecule has 3 aromatic rings. The van der Waals surface area contributed by atoms with E-state index < -0.39 is 0 Å². The van der Waals surface area contributed by atoms with Crippen molar-refractivity contribution in [3.8, 4) is 0 Å². The molecule has 1 N–H and O–H groups in total. The van der Waals surface area contributed by atoms with Gasteiger partial charge in [0.15, 0.2) is 5.76 Å². The van der Waals surface area contributed by atoms with E-state index in [-0.39, 0.29) is 5.91 Å². The molecule has 0 saturated heterocycles. The summed E-state index contributed by atoms with van der Waals surface area (Å²) in [6.07, 6.45) is 0. The minimum atomic E-state index is -0.148. The Bertz CT molecular complexity index is 962. The molecule has 0 fully saturated rings. The quantitative estimate of drug-likeness (QED) is 0.332. The molecule has 3 rings (SSSR count). The molecule has 2 aromatic carbocycles. The third-order valence-electron chi connectivity index (χ3n) is 3.95. The van der Waals surface area contributed by atoms with Crippen LogP contribution in [-0.2, 0) is 4.79 Å². The Morgan fingerprint density at radius 2 is 1.96 bits per heavy atom. The Hall–Kier alpha value is -2.05. The van der Waals surface area contributed by atoms with Gasteiger partial charge < -0.3 is 4.42 Å². The smallest absolute Gasteiger partial charge is 0.250 e. The van der Waals surface area contributed by atoms with Crippen LogP contribution in [0.15, 0.2) is 61.4 Å². The van der Waals surface area contributed by atoms with Gasteiger partial charge in [-0.25, -0.2) is 5.43 Å². The lowest BCUT2D eigenvalue weighted by molar-refractivity contribution is -0.118. The Morgan fingerprint density at radius 1 is 1.19 bits per heavy atom. The number of fused-ring (bicyclic) bond motifs is 1.